The minimum Gasteiger partial charge on any atom is -0.349 e. The molecule has 0 saturated carbocycles. The topological polar surface area (TPSA) is 65.5 Å². The first-order valence-electron chi connectivity index (χ1n) is 8.78. The van der Waals surface area contributed by atoms with E-state index in [0.717, 1.165) is 18.7 Å². The number of pyridine rings is 1. The van der Waals surface area contributed by atoms with Crippen LogP contribution in [0.3, 0.4) is 0 Å². The molecule has 1 aliphatic heterocycles. The van der Waals surface area contributed by atoms with Gasteiger partial charge in [-0.1, -0.05) is 18.2 Å². The molecule has 0 bridgehead atoms. The average molecular weight is 352 g/mol. The van der Waals surface area contributed by atoms with Crippen molar-refractivity contribution < 1.29 is 9.59 Å². The van der Waals surface area contributed by atoms with Crippen LogP contribution >= 0.6 is 0 Å². The van der Waals surface area contributed by atoms with E-state index in [2.05, 4.69) is 16.4 Å². The van der Waals surface area contributed by atoms with Crippen molar-refractivity contribution in [3.8, 4) is 0 Å². The second-order valence-electron chi connectivity index (χ2n) is 6.85. The van der Waals surface area contributed by atoms with Crippen LogP contribution in [0.5, 0.6) is 0 Å². The lowest BCUT2D eigenvalue weighted by Crippen LogP contribution is -2.36. The SMILES string of the molecule is CC1Cc2ccccc2N1C(=O)c1ccnc(C(=O)NCCN(C)C)c1. The number of hydrogen-bond acceptors (Lipinski definition) is 4. The Hall–Kier alpha value is -2.73. The number of nitrogens with one attached hydrogen (secondary N) is 1. The van der Waals surface area contributed by atoms with Gasteiger partial charge in [0.2, 0.25) is 0 Å². The molecule has 0 spiro atoms. The minimum absolute atomic E-state index is 0.0884. The molecule has 1 aromatic heterocycles. The molecule has 26 heavy (non-hydrogen) atoms. The zero-order valence-electron chi connectivity index (χ0n) is 15.4. The lowest BCUT2D eigenvalue weighted by molar-refractivity contribution is 0.0946. The predicted molar refractivity (Wildman–Crippen MR) is 102 cm³/mol. The second-order valence-corrected chi connectivity index (χ2v) is 6.85. The Kier molecular flexibility index (Phi) is 5.32. The quantitative estimate of drug-likeness (QED) is 0.893. The van der Waals surface area contributed by atoms with Crippen molar-refractivity contribution in [1.29, 1.82) is 0 Å². The van der Waals surface area contributed by atoms with E-state index in [9.17, 15) is 9.59 Å². The Morgan fingerprint density at radius 2 is 2.04 bits per heavy atom. The fourth-order valence-electron chi connectivity index (χ4n) is 3.19. The number of amides is 2. The van der Waals surface area contributed by atoms with Gasteiger partial charge in [-0.25, -0.2) is 0 Å². The fourth-order valence-corrected chi connectivity index (χ4v) is 3.19. The summed E-state index contributed by atoms with van der Waals surface area (Å²) in [6.45, 7) is 3.31. The van der Waals surface area contributed by atoms with Crippen LogP contribution in [0, 0.1) is 0 Å². The summed E-state index contributed by atoms with van der Waals surface area (Å²) in [5.74, 6) is -0.372. The molecule has 1 aliphatic rings. The number of aromatic nitrogens is 1. The van der Waals surface area contributed by atoms with Gasteiger partial charge in [0.05, 0.1) is 0 Å². The third-order valence-electron chi connectivity index (χ3n) is 4.51. The number of carbonyl (C=O) groups is 2. The maximum atomic E-state index is 13.1. The van der Waals surface area contributed by atoms with E-state index in [4.69, 9.17) is 0 Å². The van der Waals surface area contributed by atoms with Crippen molar-refractivity contribution in [3.05, 3.63) is 59.4 Å². The molecule has 1 unspecified atom stereocenters. The van der Waals surface area contributed by atoms with Crippen LogP contribution < -0.4 is 10.2 Å². The van der Waals surface area contributed by atoms with Crippen LogP contribution in [0.1, 0.15) is 33.3 Å². The molecule has 1 N–H and O–H groups in total. The van der Waals surface area contributed by atoms with Crippen LogP contribution in [-0.2, 0) is 6.42 Å². The first-order chi connectivity index (χ1) is 12.5. The summed E-state index contributed by atoms with van der Waals surface area (Å²) in [5.41, 5.74) is 2.85. The molecule has 0 radical (unpaired) electrons. The molecular formula is C20H24N4O2. The molecule has 6 nitrogen and oxygen atoms in total. The maximum absolute atomic E-state index is 13.1. The zero-order valence-corrected chi connectivity index (χ0v) is 15.4. The average Bonchev–Trinajstić information content (AvgIpc) is 2.96. The van der Waals surface area contributed by atoms with E-state index in [1.165, 1.54) is 11.8 Å². The number of likely N-dealkylation sites (N-methyl/N-ethyl adjacent to an activating group) is 1. The second kappa shape index (κ2) is 7.66. The van der Waals surface area contributed by atoms with E-state index in [1.54, 1.807) is 17.0 Å². The summed E-state index contributed by atoms with van der Waals surface area (Å²) in [5, 5.41) is 2.82. The number of fused-ring (bicyclic) bond motifs is 1. The van der Waals surface area contributed by atoms with Gasteiger partial charge in [0.25, 0.3) is 11.8 Å². The Morgan fingerprint density at radius 1 is 1.27 bits per heavy atom. The molecule has 1 atom stereocenters. The monoisotopic (exact) mass is 352 g/mol. The van der Waals surface area contributed by atoms with E-state index >= 15 is 0 Å². The van der Waals surface area contributed by atoms with Gasteiger partial charge in [0.15, 0.2) is 0 Å². The van der Waals surface area contributed by atoms with Gasteiger partial charge >= 0.3 is 0 Å². The maximum Gasteiger partial charge on any atom is 0.269 e. The molecule has 136 valence electrons. The molecule has 6 heteroatoms. The molecule has 2 heterocycles. The first kappa shape index (κ1) is 18.1. The van der Waals surface area contributed by atoms with Gasteiger partial charge in [0.1, 0.15) is 5.69 Å². The van der Waals surface area contributed by atoms with Crippen LogP contribution in [0.4, 0.5) is 5.69 Å². The standard InChI is InChI=1S/C20H24N4O2/c1-14-12-15-6-4-5-7-18(15)24(14)20(26)16-8-9-21-17(13-16)19(25)22-10-11-23(2)3/h4-9,13-14H,10-12H2,1-3H3,(H,22,25). The molecular weight excluding hydrogens is 328 g/mol. The van der Waals surface area contributed by atoms with Gasteiger partial charge in [-0.15, -0.1) is 0 Å². The Bertz CT molecular complexity index is 819. The summed E-state index contributed by atoms with van der Waals surface area (Å²) in [4.78, 5) is 33.2. The van der Waals surface area contributed by atoms with Crippen LogP contribution in [0.25, 0.3) is 0 Å². The molecule has 2 aromatic rings. The molecule has 0 saturated heterocycles. The fraction of sp³-hybridized carbons (Fsp3) is 0.350. The van der Waals surface area contributed by atoms with Crippen molar-refractivity contribution in [2.45, 2.75) is 19.4 Å². The summed E-state index contributed by atoms with van der Waals surface area (Å²) in [7, 11) is 3.89. The Morgan fingerprint density at radius 3 is 2.81 bits per heavy atom. The van der Waals surface area contributed by atoms with Crippen molar-refractivity contribution in [1.82, 2.24) is 15.2 Å². The summed E-state index contributed by atoms with van der Waals surface area (Å²) in [6, 6.07) is 11.3. The largest absolute Gasteiger partial charge is 0.349 e. The molecule has 0 fully saturated rings. The minimum atomic E-state index is -0.267. The number of benzene rings is 1. The van der Waals surface area contributed by atoms with Gasteiger partial charge < -0.3 is 15.1 Å². The van der Waals surface area contributed by atoms with Crippen molar-refractivity contribution >= 4 is 17.5 Å². The third-order valence-corrected chi connectivity index (χ3v) is 4.51. The highest BCUT2D eigenvalue weighted by Crippen LogP contribution is 2.33. The van der Waals surface area contributed by atoms with Gasteiger partial charge in [0, 0.05) is 36.6 Å². The lowest BCUT2D eigenvalue weighted by Gasteiger charge is -2.23. The molecule has 3 rings (SSSR count). The number of rotatable bonds is 5. The van der Waals surface area contributed by atoms with Gasteiger partial charge in [-0.3, -0.25) is 14.6 Å². The Labute approximate surface area is 153 Å². The summed E-state index contributed by atoms with van der Waals surface area (Å²) >= 11 is 0. The van der Waals surface area contributed by atoms with Gasteiger partial charge in [-0.05, 0) is 51.2 Å². The number of para-hydroxylation sites is 1. The summed E-state index contributed by atoms with van der Waals surface area (Å²) in [6.07, 6.45) is 2.35. The van der Waals surface area contributed by atoms with Crippen molar-refractivity contribution in [2.75, 3.05) is 32.1 Å². The highest BCUT2D eigenvalue weighted by atomic mass is 16.2. The van der Waals surface area contributed by atoms with Crippen LogP contribution in [0.2, 0.25) is 0 Å². The first-order valence-corrected chi connectivity index (χ1v) is 8.78. The highest BCUT2D eigenvalue weighted by molar-refractivity contribution is 6.08. The summed E-state index contributed by atoms with van der Waals surface area (Å²) < 4.78 is 0. The lowest BCUT2D eigenvalue weighted by atomic mass is 10.1. The number of carbonyl (C=O) groups excluding carboxylic acids is 2. The van der Waals surface area contributed by atoms with Crippen molar-refractivity contribution in [3.63, 3.8) is 0 Å². The molecule has 2 amide bonds. The number of nitrogens with zero attached hydrogens (tertiary/aromatic N) is 3. The normalized spacial score (nSPS) is 15.8. The predicted octanol–water partition coefficient (Wildman–Crippen LogP) is 1.96. The van der Waals surface area contributed by atoms with Crippen LogP contribution in [0.15, 0.2) is 42.6 Å². The number of anilines is 1. The van der Waals surface area contributed by atoms with E-state index in [1.807, 2.05) is 44.1 Å². The van der Waals surface area contributed by atoms with Gasteiger partial charge in [-0.2, -0.15) is 0 Å². The van der Waals surface area contributed by atoms with E-state index in [0.29, 0.717) is 12.1 Å². The van der Waals surface area contributed by atoms with Crippen LogP contribution in [-0.4, -0.2) is 54.9 Å². The van der Waals surface area contributed by atoms with E-state index in [-0.39, 0.29) is 23.6 Å². The smallest absolute Gasteiger partial charge is 0.269 e. The zero-order chi connectivity index (χ0) is 18.7. The number of hydrogen-bond donors (Lipinski definition) is 1. The highest BCUT2D eigenvalue weighted by Gasteiger charge is 2.31. The van der Waals surface area contributed by atoms with Crippen molar-refractivity contribution in [2.24, 2.45) is 0 Å². The molecule has 0 aliphatic carbocycles. The third kappa shape index (κ3) is 3.75. The Balaban J connectivity index is 1.78. The van der Waals surface area contributed by atoms with E-state index < -0.39 is 0 Å². The molecule has 1 aromatic carbocycles.